The van der Waals surface area contributed by atoms with Crippen LogP contribution in [0.5, 0.6) is 5.75 Å². The third-order valence-corrected chi connectivity index (χ3v) is 11.1. The third kappa shape index (κ3) is 6.35. The van der Waals surface area contributed by atoms with Crippen LogP contribution < -0.4 is 65.2 Å². The molecule has 2 atom stereocenters. The van der Waals surface area contributed by atoms with Crippen LogP contribution in [0.4, 0.5) is 5.69 Å². The van der Waals surface area contributed by atoms with E-state index in [9.17, 15) is 30.7 Å². The molecule has 2 aliphatic heterocycles. The Morgan fingerprint density at radius 2 is 1.95 bits per heavy atom. The predicted octanol–water partition coefficient (Wildman–Crippen LogP) is 0.393. The Hall–Kier alpha value is -0.404. The Kier molecular flexibility index (Phi) is 9.46. The molecule has 3 heterocycles. The first-order chi connectivity index (χ1) is 17.8. The summed E-state index contributed by atoms with van der Waals surface area (Å²) in [5.41, 5.74) is 1.29. The van der Waals surface area contributed by atoms with E-state index in [1.54, 1.807) is 47.0 Å². The van der Waals surface area contributed by atoms with Crippen LogP contribution in [0.2, 0.25) is 5.02 Å². The third-order valence-electron chi connectivity index (χ3n) is 6.50. The molecular formula is C23H21ClKN2O8S4+. The maximum atomic E-state index is 12.3. The number of nitrogens with zero attached hydrogens (tertiary/aromatic N) is 2. The molecule has 1 spiro atoms. The van der Waals surface area contributed by atoms with Gasteiger partial charge in [-0.2, -0.15) is 4.57 Å². The summed E-state index contributed by atoms with van der Waals surface area (Å²) in [5.74, 6) is -0.765. The Bertz CT molecular complexity index is 1720. The van der Waals surface area contributed by atoms with Crippen LogP contribution >= 0.6 is 34.7 Å². The summed E-state index contributed by atoms with van der Waals surface area (Å²) >= 11 is 8.96. The molecule has 10 nitrogen and oxygen atoms in total. The number of ether oxygens (including phenoxy) is 1. The van der Waals surface area contributed by atoms with Crippen molar-refractivity contribution in [3.05, 3.63) is 51.5 Å². The Morgan fingerprint density at radius 1 is 1.21 bits per heavy atom. The van der Waals surface area contributed by atoms with Crippen LogP contribution in [-0.2, 0) is 31.6 Å². The zero-order chi connectivity index (χ0) is 27.5. The van der Waals surface area contributed by atoms with E-state index in [1.165, 1.54) is 30.0 Å². The Balaban J connectivity index is 0.00000353. The second-order valence-corrected chi connectivity index (χ2v) is 14.6. The molecule has 5 rings (SSSR count). The number of benzene rings is 2. The number of carbonyl (C=O) groups is 1. The predicted molar refractivity (Wildman–Crippen MR) is 143 cm³/mol. The van der Waals surface area contributed by atoms with E-state index in [2.05, 4.69) is 0 Å². The van der Waals surface area contributed by atoms with E-state index in [0.717, 1.165) is 9.60 Å². The number of aryl methyl sites for hydroxylation is 1. The van der Waals surface area contributed by atoms with Crippen LogP contribution in [0.15, 0.2) is 46.3 Å². The molecular weight excluding hydrogens is 635 g/mol. The molecule has 1 saturated heterocycles. The fourth-order valence-corrected chi connectivity index (χ4v) is 9.29. The Morgan fingerprint density at radius 3 is 2.56 bits per heavy atom. The van der Waals surface area contributed by atoms with Crippen LogP contribution in [-0.4, -0.2) is 49.6 Å². The van der Waals surface area contributed by atoms with Gasteiger partial charge in [0, 0.05) is 30.2 Å². The first-order valence-electron chi connectivity index (χ1n) is 11.4. The second kappa shape index (κ2) is 11.7. The average Bonchev–Trinajstić information content (AvgIpc) is 3.26. The number of esters is 1. The number of aromatic nitrogens is 1. The van der Waals surface area contributed by atoms with Gasteiger partial charge in [-0.3, -0.25) is 4.79 Å². The van der Waals surface area contributed by atoms with Gasteiger partial charge in [0.1, 0.15) is 10.4 Å². The number of hydrogen-bond acceptors (Lipinski definition) is 10. The first-order valence-corrected chi connectivity index (χ1v) is 16.4. The zero-order valence-electron chi connectivity index (χ0n) is 20.8. The first kappa shape index (κ1) is 31.5. The van der Waals surface area contributed by atoms with E-state index in [1.807, 2.05) is 0 Å². The van der Waals surface area contributed by atoms with Gasteiger partial charge in [0.25, 0.3) is 5.01 Å². The minimum absolute atomic E-state index is 0. The number of carbonyl (C=O) groups excluding carboxylic acids is 1. The largest absolute Gasteiger partial charge is 1.00 e. The van der Waals surface area contributed by atoms with E-state index >= 15 is 0 Å². The summed E-state index contributed by atoms with van der Waals surface area (Å²) in [6, 6.07) is 10.2. The normalized spacial score (nSPS) is 21.5. The molecule has 1 aromatic heterocycles. The number of hydrogen-bond donors (Lipinski definition) is 0. The van der Waals surface area contributed by atoms with Crippen LogP contribution in [0, 0.1) is 0 Å². The number of rotatable bonds is 7. The standard InChI is InChI=1S/C23H21ClN2O8S4.K/c1-14(27)34-16-4-6-19-17(12-16)25(8-2-10-37(28,29)30)21(35-19)13-22-26(9-7-23(26)38(31,32)33)18-11-15(24)3-5-20(18)36-22;/h3-6,11-13,23H,2,7-10H2,1H3;/q;+1. The van der Waals surface area contributed by atoms with Gasteiger partial charge in [-0.1, -0.05) is 22.9 Å². The van der Waals surface area contributed by atoms with Crippen molar-refractivity contribution < 1.29 is 91.4 Å². The fourth-order valence-electron chi connectivity index (χ4n) is 4.88. The Labute approximate surface area is 281 Å². The summed E-state index contributed by atoms with van der Waals surface area (Å²) in [7, 11) is -9.08. The van der Waals surface area contributed by atoms with Crippen molar-refractivity contribution in [2.24, 2.45) is 0 Å². The summed E-state index contributed by atoms with van der Waals surface area (Å²) in [4.78, 5) is 12.3. The van der Waals surface area contributed by atoms with Gasteiger partial charge >= 0.3 is 57.4 Å². The van der Waals surface area contributed by atoms with E-state index in [0.29, 0.717) is 38.6 Å². The van der Waals surface area contributed by atoms with Gasteiger partial charge in [0.2, 0.25) is 5.52 Å². The van der Waals surface area contributed by atoms with Crippen LogP contribution in [0.1, 0.15) is 24.8 Å². The quantitative estimate of drug-likeness (QED) is 0.0882. The molecule has 2 aromatic carbocycles. The van der Waals surface area contributed by atoms with Crippen molar-refractivity contribution in [1.29, 1.82) is 0 Å². The van der Waals surface area contributed by atoms with Crippen molar-refractivity contribution in [3.8, 4) is 5.75 Å². The summed E-state index contributed by atoms with van der Waals surface area (Å²) in [6.07, 6.45) is 2.05. The van der Waals surface area contributed by atoms with Crippen molar-refractivity contribution in [2.45, 2.75) is 36.6 Å². The van der Waals surface area contributed by atoms with Gasteiger partial charge < -0.3 is 13.8 Å². The summed E-state index contributed by atoms with van der Waals surface area (Å²) in [6.45, 7) is 1.84. The zero-order valence-corrected chi connectivity index (χ0v) is 28.0. The second-order valence-electron chi connectivity index (χ2n) is 8.96. The maximum Gasteiger partial charge on any atom is 1.00 e. The monoisotopic (exact) mass is 655 g/mol. The molecule has 0 saturated carbocycles. The van der Waals surface area contributed by atoms with E-state index < -0.39 is 37.3 Å². The molecule has 0 N–H and O–H groups in total. The van der Waals surface area contributed by atoms with Gasteiger partial charge in [0.05, 0.1) is 40.1 Å². The number of thiazole rings is 1. The molecule has 16 heteroatoms. The number of fused-ring (bicyclic) bond motifs is 3. The average molecular weight is 656 g/mol. The molecule has 0 aliphatic carbocycles. The molecule has 202 valence electrons. The van der Waals surface area contributed by atoms with E-state index in [4.69, 9.17) is 16.3 Å². The minimum atomic E-state index is -4.65. The molecule has 1 fully saturated rings. The molecule has 39 heavy (non-hydrogen) atoms. The van der Waals surface area contributed by atoms with Crippen molar-refractivity contribution >= 4 is 82.9 Å². The van der Waals surface area contributed by atoms with Gasteiger partial charge in [0.15, 0.2) is 32.8 Å². The molecule has 0 bridgehead atoms. The van der Waals surface area contributed by atoms with Crippen LogP contribution in [0.25, 0.3) is 16.3 Å². The fraction of sp³-hybridized carbons (Fsp3) is 0.304. The van der Waals surface area contributed by atoms with Crippen molar-refractivity contribution in [1.82, 2.24) is 4.48 Å². The van der Waals surface area contributed by atoms with Gasteiger partial charge in [-0.15, -0.1) is 0 Å². The van der Waals surface area contributed by atoms with Crippen molar-refractivity contribution in [2.75, 3.05) is 12.3 Å². The molecule has 0 amide bonds. The number of quaternary nitrogens is 1. The molecule has 2 unspecified atom stereocenters. The summed E-state index contributed by atoms with van der Waals surface area (Å²) in [5, 5.41) is 0.488. The van der Waals surface area contributed by atoms with Crippen LogP contribution in [0.3, 0.4) is 0 Å². The maximum absolute atomic E-state index is 12.3. The topological polar surface area (TPSA) is 145 Å². The SMILES string of the molecule is CC(=O)Oc1ccc2sc(C=C3Sc4ccc(Cl)cc4[N+]34CCC4S(=O)(=O)[O-])[n+](CCCS(=O)(=O)[O-])c2c1.[K+]. The molecule has 0 radical (unpaired) electrons. The number of thioether (sulfide) groups is 1. The van der Waals surface area contributed by atoms with Crippen molar-refractivity contribution in [3.63, 3.8) is 0 Å². The summed E-state index contributed by atoms with van der Waals surface area (Å²) < 4.78 is 78.2. The number of halogens is 1. The molecule has 2 aliphatic rings. The van der Waals surface area contributed by atoms with Gasteiger partial charge in [-0.25, -0.2) is 21.3 Å². The van der Waals surface area contributed by atoms with E-state index in [-0.39, 0.29) is 75.3 Å². The minimum Gasteiger partial charge on any atom is -0.748 e. The molecule has 3 aromatic rings. The van der Waals surface area contributed by atoms with Gasteiger partial charge in [-0.05, 0) is 36.0 Å². The smallest absolute Gasteiger partial charge is 0.748 e.